The summed E-state index contributed by atoms with van der Waals surface area (Å²) in [6.45, 7) is 6.88. The molecule has 0 unspecified atom stereocenters. The molecule has 4 rings (SSSR count). The van der Waals surface area contributed by atoms with Crippen molar-refractivity contribution in [2.45, 2.75) is 45.1 Å². The normalized spacial score (nSPS) is 27.2. The van der Waals surface area contributed by atoms with Crippen LogP contribution in [0, 0.1) is 18.8 Å². The average Bonchev–Trinajstić information content (AvgIpc) is 3.36. The van der Waals surface area contributed by atoms with Crippen LogP contribution in [0.5, 0.6) is 0 Å². The first kappa shape index (κ1) is 18.2. The third kappa shape index (κ3) is 3.16. The van der Waals surface area contributed by atoms with E-state index < -0.39 is 0 Å². The second kappa shape index (κ2) is 6.74. The Bertz CT molecular complexity index is 847. The predicted octanol–water partition coefficient (Wildman–Crippen LogP) is 2.38. The van der Waals surface area contributed by atoms with E-state index in [0.717, 1.165) is 6.42 Å². The van der Waals surface area contributed by atoms with Gasteiger partial charge >= 0.3 is 0 Å². The topological polar surface area (TPSA) is 88.3 Å². The van der Waals surface area contributed by atoms with Crippen molar-refractivity contribution in [1.82, 2.24) is 20.4 Å². The largest absolute Gasteiger partial charge is 0.349 e. The Hall–Kier alpha value is -2.22. The summed E-state index contributed by atoms with van der Waals surface area (Å²) in [5.74, 6) is 1.46. The van der Waals surface area contributed by atoms with Gasteiger partial charge < -0.3 is 14.7 Å². The van der Waals surface area contributed by atoms with Crippen molar-refractivity contribution in [1.29, 1.82) is 0 Å². The number of hydrogen-bond acceptors (Lipinski definition) is 6. The van der Waals surface area contributed by atoms with Gasteiger partial charge in [-0.05, 0) is 37.1 Å². The van der Waals surface area contributed by atoms with Crippen LogP contribution in [-0.4, -0.2) is 46.0 Å². The van der Waals surface area contributed by atoms with Gasteiger partial charge in [0.1, 0.15) is 0 Å². The van der Waals surface area contributed by atoms with Crippen LogP contribution < -0.4 is 5.32 Å². The van der Waals surface area contributed by atoms with Gasteiger partial charge in [-0.3, -0.25) is 9.59 Å². The number of fused-ring (bicyclic) bond motifs is 1. The maximum atomic E-state index is 12.6. The van der Waals surface area contributed by atoms with Crippen LogP contribution in [0.3, 0.4) is 0 Å². The Balaban J connectivity index is 1.57. The highest BCUT2D eigenvalue weighted by molar-refractivity contribution is 7.12. The molecule has 3 atom stereocenters. The molecule has 1 N–H and O–H groups in total. The van der Waals surface area contributed by atoms with Crippen LogP contribution in [0.4, 0.5) is 0 Å². The lowest BCUT2D eigenvalue weighted by Gasteiger charge is -2.26. The molecule has 1 saturated heterocycles. The number of aryl methyl sites for hydroxylation is 1. The average molecular weight is 388 g/mol. The number of likely N-dealkylation sites (tertiary alicyclic amines) is 1. The van der Waals surface area contributed by atoms with Crippen LogP contribution in [0.1, 0.15) is 48.1 Å². The third-order valence-electron chi connectivity index (χ3n) is 5.71. The molecule has 27 heavy (non-hydrogen) atoms. The number of thiophene rings is 1. The second-order valence-electron chi connectivity index (χ2n) is 7.96. The van der Waals surface area contributed by atoms with Gasteiger partial charge in [0, 0.05) is 25.0 Å². The molecule has 2 fully saturated rings. The maximum Gasteiger partial charge on any atom is 0.261 e. The number of hydrogen-bond donors (Lipinski definition) is 1. The van der Waals surface area contributed by atoms with E-state index in [2.05, 4.69) is 15.5 Å². The minimum absolute atomic E-state index is 0.0353. The summed E-state index contributed by atoms with van der Waals surface area (Å²) in [7, 11) is 0. The van der Waals surface area contributed by atoms with Crippen LogP contribution in [0.15, 0.2) is 22.0 Å². The first-order valence-corrected chi connectivity index (χ1v) is 10.2. The number of amides is 2. The lowest BCUT2D eigenvalue weighted by Crippen LogP contribution is -2.40. The number of nitrogens with zero attached hydrogens (tertiary/aromatic N) is 3. The van der Waals surface area contributed by atoms with Crippen molar-refractivity contribution >= 4 is 23.2 Å². The van der Waals surface area contributed by atoms with Crippen molar-refractivity contribution in [3.05, 3.63) is 34.1 Å². The van der Waals surface area contributed by atoms with Gasteiger partial charge in [0.2, 0.25) is 11.8 Å². The zero-order valence-electron chi connectivity index (χ0n) is 15.8. The quantitative estimate of drug-likeness (QED) is 0.869. The Morgan fingerprint density at radius 3 is 2.89 bits per heavy atom. The SMILES string of the molecule is Cc1noc([C@]23C[C@H](NC(=O)c4cccs4)C[C@H]2CN(C(=O)C(C)C)C3)n1. The lowest BCUT2D eigenvalue weighted by atomic mass is 9.80. The van der Waals surface area contributed by atoms with E-state index >= 15 is 0 Å². The fourth-order valence-electron chi connectivity index (χ4n) is 4.51. The van der Waals surface area contributed by atoms with Gasteiger partial charge in [-0.15, -0.1) is 11.3 Å². The van der Waals surface area contributed by atoms with Gasteiger partial charge in [0.15, 0.2) is 5.82 Å². The number of nitrogens with one attached hydrogen (secondary N) is 1. The number of rotatable bonds is 4. The predicted molar refractivity (Wildman–Crippen MR) is 100 cm³/mol. The Morgan fingerprint density at radius 1 is 1.44 bits per heavy atom. The van der Waals surface area contributed by atoms with E-state index in [1.165, 1.54) is 11.3 Å². The zero-order chi connectivity index (χ0) is 19.2. The summed E-state index contributed by atoms with van der Waals surface area (Å²) in [5.41, 5.74) is -0.376. The summed E-state index contributed by atoms with van der Waals surface area (Å²) in [6.07, 6.45) is 1.51. The Labute approximate surface area is 162 Å². The summed E-state index contributed by atoms with van der Waals surface area (Å²) in [6, 6.07) is 3.74. The first-order valence-electron chi connectivity index (χ1n) is 9.33. The van der Waals surface area contributed by atoms with Gasteiger partial charge in [-0.1, -0.05) is 25.1 Å². The summed E-state index contributed by atoms with van der Waals surface area (Å²) < 4.78 is 5.56. The van der Waals surface area contributed by atoms with E-state index in [4.69, 9.17) is 4.52 Å². The smallest absolute Gasteiger partial charge is 0.261 e. The van der Waals surface area contributed by atoms with E-state index in [1.54, 1.807) is 6.92 Å². The third-order valence-corrected chi connectivity index (χ3v) is 6.58. The monoisotopic (exact) mass is 388 g/mol. The molecular formula is C19H24N4O3S. The van der Waals surface area contributed by atoms with Gasteiger partial charge in [0.05, 0.1) is 10.3 Å². The highest BCUT2D eigenvalue weighted by atomic mass is 32.1. The second-order valence-corrected chi connectivity index (χ2v) is 8.91. The standard InChI is InChI=1S/C19H24N4O3S/c1-11(2)17(25)23-9-13-7-14(21-16(24)15-5-4-6-27-15)8-19(13,10-23)18-20-12(3)22-26-18/h4-6,11,13-14H,7-10H2,1-3H3,(H,21,24)/t13-,14+,19-/m0/s1. The number of carbonyl (C=O) groups excluding carboxylic acids is 2. The highest BCUT2D eigenvalue weighted by Crippen LogP contribution is 2.50. The minimum Gasteiger partial charge on any atom is -0.349 e. The molecule has 8 heteroatoms. The van der Waals surface area contributed by atoms with Crippen LogP contribution in [0.2, 0.25) is 0 Å². The molecule has 0 aromatic carbocycles. The molecule has 1 aliphatic carbocycles. The fourth-order valence-corrected chi connectivity index (χ4v) is 5.14. The van der Waals surface area contributed by atoms with E-state index in [-0.39, 0.29) is 35.1 Å². The maximum absolute atomic E-state index is 12.6. The van der Waals surface area contributed by atoms with Crippen LogP contribution in [0.25, 0.3) is 0 Å². The molecule has 2 aliphatic rings. The molecule has 0 spiro atoms. The zero-order valence-corrected chi connectivity index (χ0v) is 16.6. The Morgan fingerprint density at radius 2 is 2.26 bits per heavy atom. The van der Waals surface area contributed by atoms with Crippen LogP contribution >= 0.6 is 11.3 Å². The highest BCUT2D eigenvalue weighted by Gasteiger charge is 2.58. The van der Waals surface area contributed by atoms with E-state index in [9.17, 15) is 9.59 Å². The number of aromatic nitrogens is 2. The molecule has 1 saturated carbocycles. The fraction of sp³-hybridized carbons (Fsp3) is 0.579. The Kier molecular flexibility index (Phi) is 4.53. The molecular weight excluding hydrogens is 364 g/mol. The van der Waals surface area contributed by atoms with Gasteiger partial charge in [-0.25, -0.2) is 0 Å². The number of carbonyl (C=O) groups is 2. The lowest BCUT2D eigenvalue weighted by molar-refractivity contribution is -0.133. The van der Waals surface area contributed by atoms with Gasteiger partial charge in [-0.2, -0.15) is 4.98 Å². The van der Waals surface area contributed by atoms with E-state index in [1.807, 2.05) is 36.3 Å². The van der Waals surface area contributed by atoms with Crippen LogP contribution in [-0.2, 0) is 10.2 Å². The minimum atomic E-state index is -0.376. The van der Waals surface area contributed by atoms with E-state index in [0.29, 0.717) is 36.1 Å². The molecule has 0 radical (unpaired) electrons. The van der Waals surface area contributed by atoms with Crippen molar-refractivity contribution in [3.63, 3.8) is 0 Å². The summed E-state index contributed by atoms with van der Waals surface area (Å²) in [4.78, 5) is 32.2. The molecule has 2 aromatic rings. The first-order chi connectivity index (χ1) is 12.9. The molecule has 7 nitrogen and oxygen atoms in total. The van der Waals surface area contributed by atoms with Crippen molar-refractivity contribution in [3.8, 4) is 0 Å². The summed E-state index contributed by atoms with van der Waals surface area (Å²) in [5, 5.41) is 9.03. The molecule has 1 aliphatic heterocycles. The van der Waals surface area contributed by atoms with Gasteiger partial charge in [0.25, 0.3) is 5.91 Å². The van der Waals surface area contributed by atoms with Crippen molar-refractivity contribution in [2.24, 2.45) is 11.8 Å². The molecule has 0 bridgehead atoms. The molecule has 2 aromatic heterocycles. The molecule has 144 valence electrons. The van der Waals surface area contributed by atoms with Crippen molar-refractivity contribution < 1.29 is 14.1 Å². The summed E-state index contributed by atoms with van der Waals surface area (Å²) >= 11 is 1.44. The molecule has 3 heterocycles. The van der Waals surface area contributed by atoms with Crippen molar-refractivity contribution in [2.75, 3.05) is 13.1 Å². The molecule has 2 amide bonds.